The molecule has 0 bridgehead atoms. The summed E-state index contributed by atoms with van der Waals surface area (Å²) >= 11 is 0. The number of nitrogens with zero attached hydrogens (tertiary/aromatic N) is 3. The van der Waals surface area contributed by atoms with E-state index in [1.807, 2.05) is 30.9 Å². The van der Waals surface area contributed by atoms with Crippen molar-refractivity contribution < 1.29 is 5.11 Å². The molecular formula is C11H21N3O. The highest BCUT2D eigenvalue weighted by Crippen LogP contribution is 2.04. The van der Waals surface area contributed by atoms with Crippen molar-refractivity contribution in [1.29, 1.82) is 0 Å². The third-order valence-corrected chi connectivity index (χ3v) is 2.29. The molecule has 15 heavy (non-hydrogen) atoms. The zero-order chi connectivity index (χ0) is 11.3. The maximum absolute atomic E-state index is 9.72. The van der Waals surface area contributed by atoms with Gasteiger partial charge in [-0.1, -0.05) is 6.92 Å². The second-order valence-corrected chi connectivity index (χ2v) is 4.48. The van der Waals surface area contributed by atoms with Gasteiger partial charge in [0.2, 0.25) is 0 Å². The first-order chi connectivity index (χ1) is 7.01. The Balaban J connectivity index is 2.34. The van der Waals surface area contributed by atoms with Crippen molar-refractivity contribution in [3.05, 3.63) is 18.7 Å². The van der Waals surface area contributed by atoms with Crippen molar-refractivity contribution in [1.82, 2.24) is 14.5 Å². The van der Waals surface area contributed by atoms with Crippen LogP contribution in [0.25, 0.3) is 0 Å². The molecule has 4 heteroatoms. The van der Waals surface area contributed by atoms with Crippen LogP contribution in [-0.2, 0) is 6.54 Å². The summed E-state index contributed by atoms with van der Waals surface area (Å²) in [6.07, 6.45) is 5.56. The van der Waals surface area contributed by atoms with Crippen LogP contribution in [0.5, 0.6) is 0 Å². The SMILES string of the molecule is CCN(CCn1ccnc1)CC(C)(C)O. The van der Waals surface area contributed by atoms with Crippen molar-refractivity contribution in [2.75, 3.05) is 19.6 Å². The molecule has 0 amide bonds. The lowest BCUT2D eigenvalue weighted by Gasteiger charge is -2.27. The minimum absolute atomic E-state index is 0.620. The van der Waals surface area contributed by atoms with Gasteiger partial charge in [0.1, 0.15) is 0 Å². The molecule has 0 atom stereocenters. The van der Waals surface area contributed by atoms with Gasteiger partial charge in [-0.15, -0.1) is 0 Å². The van der Waals surface area contributed by atoms with Gasteiger partial charge < -0.3 is 9.67 Å². The van der Waals surface area contributed by atoms with Crippen LogP contribution in [0.3, 0.4) is 0 Å². The first-order valence-corrected chi connectivity index (χ1v) is 5.42. The summed E-state index contributed by atoms with van der Waals surface area (Å²) in [6.45, 7) is 9.32. The van der Waals surface area contributed by atoms with E-state index in [1.165, 1.54) is 0 Å². The molecule has 0 saturated carbocycles. The molecule has 0 unspecified atom stereocenters. The molecule has 1 rings (SSSR count). The van der Waals surface area contributed by atoms with Gasteiger partial charge in [0.05, 0.1) is 11.9 Å². The smallest absolute Gasteiger partial charge is 0.0946 e. The molecule has 0 saturated heterocycles. The largest absolute Gasteiger partial charge is 0.389 e. The van der Waals surface area contributed by atoms with E-state index in [4.69, 9.17) is 0 Å². The van der Waals surface area contributed by atoms with Crippen LogP contribution in [0, 0.1) is 0 Å². The highest BCUT2D eigenvalue weighted by Gasteiger charge is 2.16. The summed E-state index contributed by atoms with van der Waals surface area (Å²) in [5, 5.41) is 9.72. The Labute approximate surface area is 91.5 Å². The molecule has 0 radical (unpaired) electrons. The zero-order valence-electron chi connectivity index (χ0n) is 9.85. The maximum Gasteiger partial charge on any atom is 0.0946 e. The number of likely N-dealkylation sites (N-methyl/N-ethyl adjacent to an activating group) is 1. The van der Waals surface area contributed by atoms with Crippen molar-refractivity contribution in [2.24, 2.45) is 0 Å². The molecule has 4 nitrogen and oxygen atoms in total. The topological polar surface area (TPSA) is 41.3 Å². The molecule has 0 aliphatic rings. The second-order valence-electron chi connectivity index (χ2n) is 4.48. The van der Waals surface area contributed by atoms with E-state index in [9.17, 15) is 5.11 Å². The Morgan fingerprint density at radius 1 is 1.47 bits per heavy atom. The Morgan fingerprint density at radius 3 is 2.67 bits per heavy atom. The summed E-state index contributed by atoms with van der Waals surface area (Å²) in [5.41, 5.74) is -0.620. The van der Waals surface area contributed by atoms with Gasteiger partial charge in [0.25, 0.3) is 0 Å². The Hall–Kier alpha value is -0.870. The second kappa shape index (κ2) is 5.28. The number of hydrogen-bond donors (Lipinski definition) is 1. The standard InChI is InChI=1S/C11H21N3O/c1-4-13(9-11(2,3)15)7-8-14-6-5-12-10-14/h5-6,10,15H,4,7-9H2,1-3H3. The van der Waals surface area contributed by atoms with E-state index in [-0.39, 0.29) is 0 Å². The van der Waals surface area contributed by atoms with E-state index < -0.39 is 5.60 Å². The molecule has 0 spiro atoms. The Bertz CT molecular complexity index is 264. The molecular weight excluding hydrogens is 190 g/mol. The third kappa shape index (κ3) is 4.95. The van der Waals surface area contributed by atoms with Gasteiger partial charge in [0.15, 0.2) is 0 Å². The van der Waals surface area contributed by atoms with Crippen molar-refractivity contribution in [3.8, 4) is 0 Å². The Kier molecular flexibility index (Phi) is 4.29. The number of imidazole rings is 1. The van der Waals surface area contributed by atoms with Crippen LogP contribution in [-0.4, -0.2) is 44.8 Å². The van der Waals surface area contributed by atoms with Crippen LogP contribution in [0.1, 0.15) is 20.8 Å². The highest BCUT2D eigenvalue weighted by molar-refractivity contribution is 4.76. The minimum Gasteiger partial charge on any atom is -0.389 e. The average Bonchev–Trinajstić information content (AvgIpc) is 2.62. The molecule has 0 fully saturated rings. The first kappa shape index (κ1) is 12.2. The summed E-state index contributed by atoms with van der Waals surface area (Å²) in [7, 11) is 0. The minimum atomic E-state index is -0.620. The van der Waals surface area contributed by atoms with Crippen molar-refractivity contribution >= 4 is 0 Å². The van der Waals surface area contributed by atoms with Crippen LogP contribution in [0.2, 0.25) is 0 Å². The predicted octanol–water partition coefficient (Wildman–Crippen LogP) is 0.976. The third-order valence-electron chi connectivity index (χ3n) is 2.29. The van der Waals surface area contributed by atoms with Gasteiger partial charge in [-0.2, -0.15) is 0 Å². The molecule has 86 valence electrons. The number of hydrogen-bond acceptors (Lipinski definition) is 3. The fourth-order valence-corrected chi connectivity index (χ4v) is 1.57. The van der Waals surface area contributed by atoms with Gasteiger partial charge in [0, 0.05) is 32.0 Å². The summed E-state index contributed by atoms with van der Waals surface area (Å²) in [6, 6.07) is 0. The number of aromatic nitrogens is 2. The maximum atomic E-state index is 9.72. The van der Waals surface area contributed by atoms with E-state index in [2.05, 4.69) is 16.8 Å². The molecule has 1 aromatic heterocycles. The van der Waals surface area contributed by atoms with Crippen LogP contribution >= 0.6 is 0 Å². The summed E-state index contributed by atoms with van der Waals surface area (Å²) in [4.78, 5) is 6.23. The molecule has 1 heterocycles. The van der Waals surface area contributed by atoms with E-state index >= 15 is 0 Å². The van der Waals surface area contributed by atoms with Gasteiger partial charge in [-0.05, 0) is 20.4 Å². The van der Waals surface area contributed by atoms with Crippen LogP contribution < -0.4 is 0 Å². The van der Waals surface area contributed by atoms with Crippen molar-refractivity contribution in [3.63, 3.8) is 0 Å². The molecule has 0 aliphatic carbocycles. The number of rotatable bonds is 6. The normalized spacial score (nSPS) is 12.3. The predicted molar refractivity (Wildman–Crippen MR) is 60.6 cm³/mol. The van der Waals surface area contributed by atoms with Crippen LogP contribution in [0.4, 0.5) is 0 Å². The highest BCUT2D eigenvalue weighted by atomic mass is 16.3. The van der Waals surface area contributed by atoms with Gasteiger partial charge >= 0.3 is 0 Å². The fourth-order valence-electron chi connectivity index (χ4n) is 1.57. The van der Waals surface area contributed by atoms with Gasteiger partial charge in [-0.25, -0.2) is 4.98 Å². The van der Waals surface area contributed by atoms with Crippen molar-refractivity contribution in [2.45, 2.75) is 32.9 Å². The fraction of sp³-hybridized carbons (Fsp3) is 0.727. The molecule has 0 aromatic carbocycles. The molecule has 1 aromatic rings. The first-order valence-electron chi connectivity index (χ1n) is 5.42. The van der Waals surface area contributed by atoms with E-state index in [0.717, 1.165) is 19.6 Å². The summed E-state index contributed by atoms with van der Waals surface area (Å²) in [5.74, 6) is 0. The van der Waals surface area contributed by atoms with E-state index in [1.54, 1.807) is 6.20 Å². The lowest BCUT2D eigenvalue weighted by Crippen LogP contribution is -2.39. The van der Waals surface area contributed by atoms with Crippen LogP contribution in [0.15, 0.2) is 18.7 Å². The molecule has 1 N–H and O–H groups in total. The number of aliphatic hydroxyl groups is 1. The average molecular weight is 211 g/mol. The summed E-state index contributed by atoms with van der Waals surface area (Å²) < 4.78 is 2.05. The zero-order valence-corrected chi connectivity index (χ0v) is 9.85. The lowest BCUT2D eigenvalue weighted by atomic mass is 10.1. The quantitative estimate of drug-likeness (QED) is 0.762. The van der Waals surface area contributed by atoms with Gasteiger partial charge in [-0.3, -0.25) is 4.90 Å². The monoisotopic (exact) mass is 211 g/mol. The Morgan fingerprint density at radius 2 is 2.20 bits per heavy atom. The molecule has 0 aliphatic heterocycles. The lowest BCUT2D eigenvalue weighted by molar-refractivity contribution is 0.0368. The van der Waals surface area contributed by atoms with E-state index in [0.29, 0.717) is 6.54 Å².